The van der Waals surface area contributed by atoms with E-state index in [9.17, 15) is 24.5 Å². The third kappa shape index (κ3) is 3.87. The molecule has 0 radical (unpaired) electrons. The smallest absolute Gasteiger partial charge is 0.270 e. The summed E-state index contributed by atoms with van der Waals surface area (Å²) in [5, 5.41) is 15.0. The van der Waals surface area contributed by atoms with Gasteiger partial charge in [0.25, 0.3) is 5.69 Å². The van der Waals surface area contributed by atoms with Crippen LogP contribution < -0.4 is 5.32 Å². The quantitative estimate of drug-likeness (QED) is 0.150. The lowest BCUT2D eigenvalue weighted by Crippen LogP contribution is -2.49. The Balaban J connectivity index is 1.54. The lowest BCUT2D eigenvalue weighted by atomic mass is 9.62. The minimum atomic E-state index is -1.56. The number of nitro groups is 1. The average Bonchev–Trinajstić information content (AvgIpc) is 3.48. The molecule has 8 nitrogen and oxygen atoms in total. The van der Waals surface area contributed by atoms with Gasteiger partial charge >= 0.3 is 0 Å². The SMILES string of the molecule is O=C(c1cccc([N+](=O)[O-])c1)[C@@H]1[C@@H](C(=O)c2ccc(Cl)cc2Cl)[C@@]2(C(=O)Nc3ccccc32)[C@H]2c3ccccc3C=CN12. The van der Waals surface area contributed by atoms with Crippen LogP contribution in [0.5, 0.6) is 0 Å². The Kier molecular flexibility index (Phi) is 6.23. The van der Waals surface area contributed by atoms with Gasteiger partial charge in [0.15, 0.2) is 11.6 Å². The van der Waals surface area contributed by atoms with E-state index in [1.54, 1.807) is 35.4 Å². The molecule has 1 saturated heterocycles. The van der Waals surface area contributed by atoms with Crippen molar-refractivity contribution in [3.63, 3.8) is 0 Å². The van der Waals surface area contributed by atoms with Gasteiger partial charge in [-0.3, -0.25) is 24.5 Å². The van der Waals surface area contributed by atoms with Gasteiger partial charge in [-0.05, 0) is 47.0 Å². The molecule has 0 bridgehead atoms. The Bertz CT molecular complexity index is 1920. The second kappa shape index (κ2) is 9.90. The number of hydrogen-bond acceptors (Lipinski definition) is 6. The molecule has 43 heavy (non-hydrogen) atoms. The molecule has 3 aliphatic rings. The molecular weight excluding hydrogens is 589 g/mol. The van der Waals surface area contributed by atoms with Crippen molar-refractivity contribution in [3.05, 3.63) is 145 Å². The molecule has 4 atom stereocenters. The minimum Gasteiger partial charge on any atom is -0.358 e. The molecule has 0 saturated carbocycles. The molecule has 1 spiro atoms. The van der Waals surface area contributed by atoms with Crippen LogP contribution in [0.3, 0.4) is 0 Å². The fourth-order valence-electron chi connectivity index (χ4n) is 6.97. The molecule has 0 unspecified atom stereocenters. The summed E-state index contributed by atoms with van der Waals surface area (Å²) >= 11 is 12.7. The number of non-ortho nitro benzene ring substituents is 1. The van der Waals surface area contributed by atoms with Crippen molar-refractivity contribution in [2.45, 2.75) is 17.5 Å². The van der Waals surface area contributed by atoms with Gasteiger partial charge < -0.3 is 10.2 Å². The van der Waals surface area contributed by atoms with Crippen LogP contribution in [0.25, 0.3) is 6.08 Å². The summed E-state index contributed by atoms with van der Waals surface area (Å²) in [5.74, 6) is -2.75. The van der Waals surface area contributed by atoms with E-state index in [0.717, 1.165) is 11.1 Å². The molecular formula is C33H21Cl2N3O5. The maximum Gasteiger partial charge on any atom is 0.270 e. The van der Waals surface area contributed by atoms with Crippen LogP contribution in [-0.4, -0.2) is 33.3 Å². The summed E-state index contributed by atoms with van der Waals surface area (Å²) in [6.07, 6.45) is 3.58. The maximum absolute atomic E-state index is 14.9. The summed E-state index contributed by atoms with van der Waals surface area (Å²) in [7, 11) is 0. The Hall–Kier alpha value is -4.79. The standard InChI is InChI=1S/C33H21Cl2N3O5/c34-20-12-13-23(25(35)17-20)30(40)27-28(29(39)19-7-5-8-21(16-19)38(42)43)37-15-14-18-6-1-2-9-22(18)31(37)33(27)24-10-3-4-11-26(24)36-32(33)41/h1-17,27-28,31H,(H,36,41)/t27-,28-,31+,33+/m0/s1. The first kappa shape index (κ1) is 27.1. The van der Waals surface area contributed by atoms with Gasteiger partial charge in [-0.25, -0.2) is 0 Å². The van der Waals surface area contributed by atoms with Gasteiger partial charge in [-0.2, -0.15) is 0 Å². The Morgan fingerprint density at radius 3 is 2.47 bits per heavy atom. The lowest BCUT2D eigenvalue weighted by molar-refractivity contribution is -0.384. The molecule has 0 aliphatic carbocycles. The van der Waals surface area contributed by atoms with Crippen LogP contribution in [0.4, 0.5) is 11.4 Å². The normalized spacial score (nSPS) is 23.0. The van der Waals surface area contributed by atoms with E-state index in [2.05, 4.69) is 5.32 Å². The predicted molar refractivity (Wildman–Crippen MR) is 162 cm³/mol. The number of rotatable bonds is 5. The van der Waals surface area contributed by atoms with Gasteiger partial charge in [0.1, 0.15) is 11.5 Å². The second-order valence-corrected chi connectivity index (χ2v) is 11.6. The van der Waals surface area contributed by atoms with Crippen LogP contribution in [0.2, 0.25) is 10.0 Å². The number of hydrogen-bond donors (Lipinski definition) is 1. The highest BCUT2D eigenvalue weighted by molar-refractivity contribution is 6.37. The summed E-state index contributed by atoms with van der Waals surface area (Å²) in [6, 6.07) is 22.6. The van der Waals surface area contributed by atoms with E-state index in [0.29, 0.717) is 16.3 Å². The molecule has 212 valence electrons. The Morgan fingerprint density at radius 2 is 1.67 bits per heavy atom. The number of carbonyl (C=O) groups is 3. The highest BCUT2D eigenvalue weighted by atomic mass is 35.5. The minimum absolute atomic E-state index is 0.0500. The number of amides is 1. The molecule has 3 aliphatic heterocycles. The predicted octanol–water partition coefficient (Wildman–Crippen LogP) is 6.88. The summed E-state index contributed by atoms with van der Waals surface area (Å²) < 4.78 is 0. The van der Waals surface area contributed by atoms with Gasteiger partial charge in [0.2, 0.25) is 5.91 Å². The zero-order valence-corrected chi connectivity index (χ0v) is 23.8. The summed E-state index contributed by atoms with van der Waals surface area (Å²) in [5.41, 5.74) is 1.09. The molecule has 1 fully saturated rings. The monoisotopic (exact) mass is 609 g/mol. The number of fused-ring (bicyclic) bond motifs is 6. The van der Waals surface area contributed by atoms with Crippen LogP contribution in [0.15, 0.2) is 97.2 Å². The number of nitrogens with one attached hydrogen (secondary N) is 1. The molecule has 10 heteroatoms. The summed E-state index contributed by atoms with van der Waals surface area (Å²) in [4.78, 5) is 56.7. The second-order valence-electron chi connectivity index (χ2n) is 10.7. The van der Waals surface area contributed by atoms with Crippen LogP contribution >= 0.6 is 23.2 Å². The fraction of sp³-hybridized carbons (Fsp3) is 0.121. The van der Waals surface area contributed by atoms with E-state index in [1.807, 2.05) is 30.3 Å². The van der Waals surface area contributed by atoms with Crippen molar-refractivity contribution in [3.8, 4) is 0 Å². The van der Waals surface area contributed by atoms with E-state index in [-0.39, 0.29) is 21.8 Å². The van der Waals surface area contributed by atoms with Crippen LogP contribution in [-0.2, 0) is 10.2 Å². The number of ketones is 2. The topological polar surface area (TPSA) is 110 Å². The van der Waals surface area contributed by atoms with Crippen molar-refractivity contribution in [1.82, 2.24) is 4.90 Å². The average molecular weight is 610 g/mol. The largest absolute Gasteiger partial charge is 0.358 e. The first-order valence-electron chi connectivity index (χ1n) is 13.5. The Labute approximate surface area is 255 Å². The lowest BCUT2D eigenvalue weighted by Gasteiger charge is -2.38. The van der Waals surface area contributed by atoms with Crippen LogP contribution in [0.1, 0.15) is 43.4 Å². The van der Waals surface area contributed by atoms with Gasteiger partial charge in [-0.15, -0.1) is 0 Å². The number of halogens is 2. The van der Waals surface area contributed by atoms with Crippen LogP contribution in [0, 0.1) is 16.0 Å². The van der Waals surface area contributed by atoms with Crippen molar-refractivity contribution >= 4 is 58.1 Å². The van der Waals surface area contributed by atoms with Crippen molar-refractivity contribution < 1.29 is 19.3 Å². The molecule has 1 N–H and O–H groups in total. The zero-order chi connectivity index (χ0) is 30.0. The molecule has 4 aromatic rings. The highest BCUT2D eigenvalue weighted by Crippen LogP contribution is 2.62. The van der Waals surface area contributed by atoms with Crippen molar-refractivity contribution in [2.75, 3.05) is 5.32 Å². The molecule has 1 amide bonds. The van der Waals surface area contributed by atoms with Crippen molar-refractivity contribution in [2.24, 2.45) is 5.92 Å². The molecule has 4 aromatic carbocycles. The third-order valence-corrected chi connectivity index (χ3v) is 9.21. The highest BCUT2D eigenvalue weighted by Gasteiger charge is 2.70. The fourth-order valence-corrected chi connectivity index (χ4v) is 7.47. The van der Waals surface area contributed by atoms with Gasteiger partial charge in [0, 0.05) is 40.2 Å². The first-order chi connectivity index (χ1) is 20.7. The number of Topliss-reactive ketones (excluding diaryl/α,β-unsaturated/α-hetero) is 2. The van der Waals surface area contributed by atoms with Gasteiger partial charge in [-0.1, -0.05) is 77.8 Å². The number of carbonyl (C=O) groups excluding carboxylic acids is 3. The maximum atomic E-state index is 14.9. The molecule has 7 rings (SSSR count). The molecule has 0 aromatic heterocycles. The van der Waals surface area contributed by atoms with E-state index in [1.165, 1.54) is 42.5 Å². The zero-order valence-electron chi connectivity index (χ0n) is 22.2. The number of para-hydroxylation sites is 1. The van der Waals surface area contributed by atoms with E-state index >= 15 is 0 Å². The van der Waals surface area contributed by atoms with Crippen molar-refractivity contribution in [1.29, 1.82) is 0 Å². The number of benzene rings is 4. The summed E-state index contributed by atoms with van der Waals surface area (Å²) in [6.45, 7) is 0. The number of nitrogens with zero attached hydrogens (tertiary/aromatic N) is 2. The van der Waals surface area contributed by atoms with E-state index < -0.39 is 45.8 Å². The van der Waals surface area contributed by atoms with E-state index in [4.69, 9.17) is 23.2 Å². The number of nitro benzene ring substituents is 1. The molecule has 3 heterocycles. The number of anilines is 1. The first-order valence-corrected chi connectivity index (χ1v) is 14.2. The third-order valence-electron chi connectivity index (χ3n) is 8.66. The Morgan fingerprint density at radius 1 is 0.907 bits per heavy atom. The van der Waals surface area contributed by atoms with Gasteiger partial charge in [0.05, 0.1) is 21.9 Å².